The van der Waals surface area contributed by atoms with Gasteiger partial charge in [0.2, 0.25) is 5.91 Å². The van der Waals surface area contributed by atoms with Gasteiger partial charge < -0.3 is 24.6 Å². The number of methoxy groups -OCH3 is 1. The summed E-state index contributed by atoms with van der Waals surface area (Å²) in [7, 11) is 1.32. The summed E-state index contributed by atoms with van der Waals surface area (Å²) in [6, 6.07) is 12.0. The molecule has 0 spiro atoms. The Kier molecular flexibility index (Phi) is 7.70. The molecule has 0 unspecified atom stereocenters. The van der Waals surface area contributed by atoms with Gasteiger partial charge in [0.1, 0.15) is 5.75 Å². The van der Waals surface area contributed by atoms with Crippen LogP contribution in [0.5, 0.6) is 5.75 Å². The van der Waals surface area contributed by atoms with E-state index in [1.165, 1.54) is 7.11 Å². The van der Waals surface area contributed by atoms with Crippen LogP contribution < -0.4 is 15.0 Å². The summed E-state index contributed by atoms with van der Waals surface area (Å²) in [5.74, 6) is -0.0192. The van der Waals surface area contributed by atoms with E-state index < -0.39 is 5.97 Å². The van der Waals surface area contributed by atoms with Gasteiger partial charge in [-0.15, -0.1) is 0 Å². The van der Waals surface area contributed by atoms with Crippen molar-refractivity contribution in [2.75, 3.05) is 50.1 Å². The number of hydrogen-bond donors (Lipinski definition) is 1. The minimum atomic E-state index is -0.481. The van der Waals surface area contributed by atoms with Gasteiger partial charge in [-0.3, -0.25) is 9.59 Å². The average Bonchev–Trinajstić information content (AvgIpc) is 2.82. The van der Waals surface area contributed by atoms with E-state index in [0.717, 1.165) is 12.1 Å². The minimum absolute atomic E-state index is 0.0468. The Morgan fingerprint density at radius 1 is 0.969 bits per heavy atom. The molecule has 1 N–H and O–H groups in total. The van der Waals surface area contributed by atoms with Gasteiger partial charge >= 0.3 is 5.97 Å². The lowest BCUT2D eigenvalue weighted by atomic mass is 10.1. The molecule has 1 saturated heterocycles. The molecule has 32 heavy (non-hydrogen) atoms. The van der Waals surface area contributed by atoms with E-state index in [1.54, 1.807) is 54.3 Å². The van der Waals surface area contributed by atoms with Crippen LogP contribution in [0.3, 0.4) is 0 Å². The summed E-state index contributed by atoms with van der Waals surface area (Å²) in [6.07, 6.45) is 0.905. The molecule has 0 atom stereocenters. The number of ether oxygens (including phenoxy) is 2. The lowest BCUT2D eigenvalue weighted by Crippen LogP contribution is -2.48. The topological polar surface area (TPSA) is 88.2 Å². The van der Waals surface area contributed by atoms with Gasteiger partial charge in [-0.2, -0.15) is 0 Å². The maximum atomic E-state index is 12.9. The Morgan fingerprint density at radius 2 is 1.62 bits per heavy atom. The first-order valence-electron chi connectivity index (χ1n) is 10.7. The Balaban J connectivity index is 1.82. The molecular weight excluding hydrogens is 410 g/mol. The predicted molar refractivity (Wildman–Crippen MR) is 122 cm³/mol. The number of amides is 2. The monoisotopic (exact) mass is 439 g/mol. The highest BCUT2D eigenvalue weighted by molar-refractivity contribution is 6.07. The molecule has 170 valence electrons. The summed E-state index contributed by atoms with van der Waals surface area (Å²) < 4.78 is 10.4. The molecule has 1 aliphatic heterocycles. The molecule has 3 rings (SSSR count). The van der Waals surface area contributed by atoms with Crippen molar-refractivity contribution in [2.45, 2.75) is 20.3 Å². The fraction of sp³-hybridized carbons (Fsp3) is 0.375. The quantitative estimate of drug-likeness (QED) is 0.667. The third-order valence-electron chi connectivity index (χ3n) is 5.32. The SMILES string of the molecule is CCCOc1ccc(C(=O)Nc2cc(C(=O)OC)ccc2N2CCN(C(C)=O)CC2)cc1. The summed E-state index contributed by atoms with van der Waals surface area (Å²) in [4.78, 5) is 40.5. The molecule has 1 heterocycles. The Bertz CT molecular complexity index is 966. The average molecular weight is 440 g/mol. The summed E-state index contributed by atoms with van der Waals surface area (Å²) in [6.45, 7) is 6.66. The second kappa shape index (κ2) is 10.7. The first-order chi connectivity index (χ1) is 15.4. The maximum absolute atomic E-state index is 12.9. The van der Waals surface area contributed by atoms with Crippen LogP contribution in [0.2, 0.25) is 0 Å². The molecule has 0 aromatic heterocycles. The van der Waals surface area contributed by atoms with Gasteiger partial charge in [0.05, 0.1) is 30.7 Å². The van der Waals surface area contributed by atoms with E-state index in [2.05, 4.69) is 10.2 Å². The van der Waals surface area contributed by atoms with Crippen molar-refractivity contribution in [3.05, 3.63) is 53.6 Å². The van der Waals surface area contributed by atoms with Crippen LogP contribution in [0.25, 0.3) is 0 Å². The summed E-state index contributed by atoms with van der Waals surface area (Å²) in [5.41, 5.74) is 2.12. The molecule has 1 aliphatic rings. The summed E-state index contributed by atoms with van der Waals surface area (Å²) in [5, 5.41) is 2.93. The normalized spacial score (nSPS) is 13.5. The molecule has 0 bridgehead atoms. The second-order valence-electron chi connectivity index (χ2n) is 7.54. The van der Waals surface area contributed by atoms with Crippen molar-refractivity contribution in [3.63, 3.8) is 0 Å². The third-order valence-corrected chi connectivity index (χ3v) is 5.32. The molecule has 0 radical (unpaired) electrons. The number of anilines is 2. The van der Waals surface area contributed by atoms with Crippen molar-refractivity contribution in [2.24, 2.45) is 0 Å². The fourth-order valence-electron chi connectivity index (χ4n) is 3.54. The van der Waals surface area contributed by atoms with E-state index in [1.807, 2.05) is 6.92 Å². The van der Waals surface area contributed by atoms with Crippen molar-refractivity contribution >= 4 is 29.2 Å². The number of nitrogens with zero attached hydrogens (tertiary/aromatic N) is 2. The number of piperazine rings is 1. The highest BCUT2D eigenvalue weighted by atomic mass is 16.5. The number of hydrogen-bond acceptors (Lipinski definition) is 6. The van der Waals surface area contributed by atoms with Gasteiger partial charge in [0.15, 0.2) is 0 Å². The van der Waals surface area contributed by atoms with Crippen molar-refractivity contribution in [3.8, 4) is 5.75 Å². The van der Waals surface area contributed by atoms with E-state index in [0.29, 0.717) is 55.3 Å². The van der Waals surface area contributed by atoms with Crippen LogP contribution in [0.1, 0.15) is 41.0 Å². The Hall–Kier alpha value is -3.55. The van der Waals surface area contributed by atoms with Crippen molar-refractivity contribution < 1.29 is 23.9 Å². The lowest BCUT2D eigenvalue weighted by Gasteiger charge is -2.36. The molecule has 2 amide bonds. The first kappa shape index (κ1) is 23.1. The van der Waals surface area contributed by atoms with Gasteiger partial charge in [0, 0.05) is 38.7 Å². The molecule has 8 heteroatoms. The van der Waals surface area contributed by atoms with E-state index in [-0.39, 0.29) is 11.8 Å². The number of esters is 1. The van der Waals surface area contributed by atoms with Gasteiger partial charge in [-0.1, -0.05) is 6.92 Å². The standard InChI is InChI=1S/C24H29N3O5/c1-4-15-32-20-8-5-18(6-9-20)23(29)25-21-16-19(24(30)31-3)7-10-22(21)27-13-11-26(12-14-27)17(2)28/h5-10,16H,4,11-15H2,1-3H3,(H,25,29). The number of nitrogens with one attached hydrogen (secondary N) is 1. The molecule has 2 aromatic rings. The highest BCUT2D eigenvalue weighted by Crippen LogP contribution is 2.29. The molecule has 0 saturated carbocycles. The van der Waals surface area contributed by atoms with Crippen LogP contribution in [0.15, 0.2) is 42.5 Å². The van der Waals surface area contributed by atoms with Gasteiger partial charge in [0.25, 0.3) is 5.91 Å². The number of carbonyl (C=O) groups is 3. The van der Waals surface area contributed by atoms with Crippen LogP contribution in [0, 0.1) is 0 Å². The maximum Gasteiger partial charge on any atom is 0.337 e. The van der Waals surface area contributed by atoms with Crippen molar-refractivity contribution in [1.29, 1.82) is 0 Å². The van der Waals surface area contributed by atoms with Gasteiger partial charge in [-0.25, -0.2) is 4.79 Å². The van der Waals surface area contributed by atoms with E-state index in [4.69, 9.17) is 9.47 Å². The minimum Gasteiger partial charge on any atom is -0.494 e. The predicted octanol–water partition coefficient (Wildman–Crippen LogP) is 3.18. The second-order valence-corrected chi connectivity index (χ2v) is 7.54. The molecule has 0 aliphatic carbocycles. The van der Waals surface area contributed by atoms with E-state index in [9.17, 15) is 14.4 Å². The number of benzene rings is 2. The zero-order valence-corrected chi connectivity index (χ0v) is 18.7. The van der Waals surface area contributed by atoms with Crippen LogP contribution in [0.4, 0.5) is 11.4 Å². The third kappa shape index (κ3) is 5.57. The first-order valence-corrected chi connectivity index (χ1v) is 10.7. The molecule has 8 nitrogen and oxygen atoms in total. The molecule has 1 fully saturated rings. The smallest absolute Gasteiger partial charge is 0.337 e. The highest BCUT2D eigenvalue weighted by Gasteiger charge is 2.22. The number of carbonyl (C=O) groups excluding carboxylic acids is 3. The zero-order valence-electron chi connectivity index (χ0n) is 18.7. The Labute approximate surface area is 188 Å². The largest absolute Gasteiger partial charge is 0.494 e. The molecular formula is C24H29N3O5. The summed E-state index contributed by atoms with van der Waals surface area (Å²) >= 11 is 0. The Morgan fingerprint density at radius 3 is 2.22 bits per heavy atom. The number of rotatable bonds is 7. The van der Waals surface area contributed by atoms with Crippen LogP contribution >= 0.6 is 0 Å². The fourth-order valence-corrected chi connectivity index (χ4v) is 3.54. The van der Waals surface area contributed by atoms with Crippen molar-refractivity contribution in [1.82, 2.24) is 4.90 Å². The van der Waals surface area contributed by atoms with Crippen LogP contribution in [-0.2, 0) is 9.53 Å². The van der Waals surface area contributed by atoms with Gasteiger partial charge in [-0.05, 0) is 48.9 Å². The lowest BCUT2D eigenvalue weighted by molar-refractivity contribution is -0.129. The molecule has 2 aromatic carbocycles. The van der Waals surface area contributed by atoms with E-state index >= 15 is 0 Å². The van der Waals surface area contributed by atoms with Crippen LogP contribution in [-0.4, -0.2) is 62.6 Å². The zero-order chi connectivity index (χ0) is 23.1.